The van der Waals surface area contributed by atoms with Crippen molar-refractivity contribution in [2.24, 2.45) is 11.8 Å². The molecule has 2 heterocycles. The molecule has 2 aliphatic rings. The van der Waals surface area contributed by atoms with Gasteiger partial charge >= 0.3 is 5.97 Å². The highest BCUT2D eigenvalue weighted by Crippen LogP contribution is 2.34. The lowest BCUT2D eigenvalue weighted by Crippen LogP contribution is -2.33. The molecule has 1 aromatic carbocycles. The van der Waals surface area contributed by atoms with Crippen LogP contribution in [0.4, 0.5) is 11.4 Å². The molecule has 1 unspecified atom stereocenters. The molecule has 1 N–H and O–H groups in total. The van der Waals surface area contributed by atoms with Crippen LogP contribution in [0.5, 0.6) is 0 Å². The molecule has 23 heavy (non-hydrogen) atoms. The summed E-state index contributed by atoms with van der Waals surface area (Å²) in [5.41, 5.74) is 1.67. The summed E-state index contributed by atoms with van der Waals surface area (Å²) in [6, 6.07) is 5.58. The molecule has 1 atom stereocenters. The Bertz CT molecular complexity index is 626. The van der Waals surface area contributed by atoms with Crippen molar-refractivity contribution in [3.63, 3.8) is 0 Å². The highest BCUT2D eigenvalue weighted by Gasteiger charge is 2.35. The van der Waals surface area contributed by atoms with Crippen molar-refractivity contribution in [3.05, 3.63) is 23.2 Å². The third-order valence-electron chi connectivity index (χ3n) is 4.84. The summed E-state index contributed by atoms with van der Waals surface area (Å²) in [6.07, 6.45) is 2.37. The molecule has 0 saturated carbocycles. The highest BCUT2D eigenvalue weighted by atomic mass is 35.5. The topological polar surface area (TPSA) is 60.9 Å². The number of hydrogen-bond acceptors (Lipinski definition) is 3. The Labute approximate surface area is 140 Å². The first-order chi connectivity index (χ1) is 11.0. The molecule has 0 spiro atoms. The number of aliphatic carboxylic acids is 1. The third-order valence-corrected chi connectivity index (χ3v) is 5.14. The van der Waals surface area contributed by atoms with Crippen LogP contribution in [0.2, 0.25) is 5.02 Å². The van der Waals surface area contributed by atoms with Crippen LogP contribution in [0.15, 0.2) is 18.2 Å². The third kappa shape index (κ3) is 3.29. The van der Waals surface area contributed by atoms with E-state index in [9.17, 15) is 9.59 Å². The van der Waals surface area contributed by atoms with E-state index in [1.54, 1.807) is 6.07 Å². The van der Waals surface area contributed by atoms with E-state index >= 15 is 0 Å². The predicted octanol–water partition coefficient (Wildman–Crippen LogP) is 3.01. The maximum Gasteiger partial charge on any atom is 0.308 e. The molecule has 124 valence electrons. The summed E-state index contributed by atoms with van der Waals surface area (Å²) in [4.78, 5) is 26.9. The van der Waals surface area contributed by atoms with Gasteiger partial charge in [-0.05, 0) is 37.0 Å². The fourth-order valence-electron chi connectivity index (χ4n) is 3.29. The zero-order valence-corrected chi connectivity index (χ0v) is 13.9. The van der Waals surface area contributed by atoms with Crippen LogP contribution in [0.25, 0.3) is 0 Å². The van der Waals surface area contributed by atoms with Crippen LogP contribution in [-0.2, 0) is 9.59 Å². The zero-order valence-electron chi connectivity index (χ0n) is 13.2. The van der Waals surface area contributed by atoms with Crippen LogP contribution in [-0.4, -0.2) is 36.6 Å². The predicted molar refractivity (Wildman–Crippen MR) is 90.2 cm³/mol. The van der Waals surface area contributed by atoms with Crippen LogP contribution < -0.4 is 9.80 Å². The summed E-state index contributed by atoms with van der Waals surface area (Å²) >= 11 is 6.43. The van der Waals surface area contributed by atoms with Crippen molar-refractivity contribution in [1.29, 1.82) is 0 Å². The maximum absolute atomic E-state index is 12.0. The molecule has 3 rings (SSSR count). The number of carbonyl (C=O) groups is 2. The molecule has 1 aromatic rings. The van der Waals surface area contributed by atoms with Gasteiger partial charge in [-0.25, -0.2) is 0 Å². The Morgan fingerprint density at radius 2 is 2.00 bits per heavy atom. The average molecular weight is 337 g/mol. The number of carbonyl (C=O) groups excluding carboxylic acids is 1. The van der Waals surface area contributed by atoms with E-state index < -0.39 is 11.9 Å². The van der Waals surface area contributed by atoms with E-state index in [0.29, 0.717) is 10.7 Å². The van der Waals surface area contributed by atoms with E-state index in [2.05, 4.69) is 11.8 Å². The maximum atomic E-state index is 12.0. The van der Waals surface area contributed by atoms with Crippen molar-refractivity contribution < 1.29 is 14.7 Å². The summed E-state index contributed by atoms with van der Waals surface area (Å²) in [5.74, 6) is -0.969. The SMILES string of the molecule is CC1CCN(c2ccc(N3CC(C(=O)O)CC3=O)cc2Cl)CC1. The van der Waals surface area contributed by atoms with Crippen molar-refractivity contribution in [2.45, 2.75) is 26.2 Å². The zero-order chi connectivity index (χ0) is 16.6. The second kappa shape index (κ2) is 6.40. The van der Waals surface area contributed by atoms with Gasteiger partial charge in [0.05, 0.1) is 16.6 Å². The van der Waals surface area contributed by atoms with Crippen molar-refractivity contribution >= 4 is 34.9 Å². The molecule has 0 aromatic heterocycles. The summed E-state index contributed by atoms with van der Waals surface area (Å²) in [5, 5.41) is 9.69. The fraction of sp³-hybridized carbons (Fsp3) is 0.529. The van der Waals surface area contributed by atoms with Gasteiger partial charge in [0.1, 0.15) is 0 Å². The largest absolute Gasteiger partial charge is 0.481 e. The van der Waals surface area contributed by atoms with Gasteiger partial charge in [0, 0.05) is 31.7 Å². The Morgan fingerprint density at radius 3 is 2.57 bits per heavy atom. The average Bonchev–Trinajstić information content (AvgIpc) is 2.90. The molecular weight excluding hydrogens is 316 g/mol. The summed E-state index contributed by atoms with van der Waals surface area (Å²) in [6.45, 7) is 4.46. The smallest absolute Gasteiger partial charge is 0.308 e. The van der Waals surface area contributed by atoms with Gasteiger partial charge in [0.25, 0.3) is 0 Å². The van der Waals surface area contributed by atoms with Crippen LogP contribution in [0.1, 0.15) is 26.2 Å². The van der Waals surface area contributed by atoms with Gasteiger partial charge in [-0.3, -0.25) is 9.59 Å². The first kappa shape index (κ1) is 16.1. The number of halogens is 1. The summed E-state index contributed by atoms with van der Waals surface area (Å²) < 4.78 is 0. The van der Waals surface area contributed by atoms with Gasteiger partial charge in [0.15, 0.2) is 0 Å². The van der Waals surface area contributed by atoms with Gasteiger partial charge in [-0.1, -0.05) is 18.5 Å². The minimum atomic E-state index is -0.925. The quantitative estimate of drug-likeness (QED) is 0.921. The minimum Gasteiger partial charge on any atom is -0.481 e. The van der Waals surface area contributed by atoms with Crippen LogP contribution in [0, 0.1) is 11.8 Å². The van der Waals surface area contributed by atoms with Gasteiger partial charge < -0.3 is 14.9 Å². The molecule has 0 aliphatic carbocycles. The first-order valence-corrected chi connectivity index (χ1v) is 8.41. The minimum absolute atomic E-state index is 0.0543. The molecule has 1 amide bonds. The monoisotopic (exact) mass is 336 g/mol. The number of piperidine rings is 1. The normalized spacial score (nSPS) is 22.7. The van der Waals surface area contributed by atoms with Crippen LogP contribution >= 0.6 is 11.6 Å². The number of rotatable bonds is 3. The molecule has 0 bridgehead atoms. The van der Waals surface area contributed by atoms with Gasteiger partial charge in [-0.2, -0.15) is 0 Å². The molecule has 0 radical (unpaired) electrons. The van der Waals surface area contributed by atoms with Crippen LogP contribution in [0.3, 0.4) is 0 Å². The molecular formula is C17H21ClN2O3. The Hall–Kier alpha value is -1.75. The van der Waals surface area contributed by atoms with Crippen molar-refractivity contribution in [3.8, 4) is 0 Å². The molecule has 6 heteroatoms. The highest BCUT2D eigenvalue weighted by molar-refractivity contribution is 6.33. The van der Waals surface area contributed by atoms with Gasteiger partial charge in [-0.15, -0.1) is 0 Å². The lowest BCUT2D eigenvalue weighted by Gasteiger charge is -2.33. The molecule has 2 fully saturated rings. The lowest BCUT2D eigenvalue weighted by molar-refractivity contribution is -0.141. The van der Waals surface area contributed by atoms with Crippen molar-refractivity contribution in [2.75, 3.05) is 29.4 Å². The molecule has 2 aliphatic heterocycles. The van der Waals surface area contributed by atoms with E-state index in [0.717, 1.165) is 37.5 Å². The Balaban J connectivity index is 1.77. The van der Waals surface area contributed by atoms with E-state index in [1.165, 1.54) is 4.90 Å². The number of amides is 1. The number of anilines is 2. The number of nitrogens with zero attached hydrogens (tertiary/aromatic N) is 2. The molecule has 2 saturated heterocycles. The first-order valence-electron chi connectivity index (χ1n) is 8.03. The fourth-order valence-corrected chi connectivity index (χ4v) is 3.59. The number of carboxylic acids is 1. The Kier molecular flexibility index (Phi) is 4.48. The Morgan fingerprint density at radius 1 is 1.30 bits per heavy atom. The van der Waals surface area contributed by atoms with Crippen molar-refractivity contribution in [1.82, 2.24) is 0 Å². The number of hydrogen-bond donors (Lipinski definition) is 1. The standard InChI is InChI=1S/C17H21ClN2O3/c1-11-4-6-19(7-5-11)15-3-2-13(9-14(15)18)20-10-12(17(22)23)8-16(20)21/h2-3,9,11-12H,4-8,10H2,1H3,(H,22,23). The van der Waals surface area contributed by atoms with E-state index in [1.807, 2.05) is 12.1 Å². The van der Waals surface area contributed by atoms with E-state index in [-0.39, 0.29) is 18.9 Å². The second-order valence-corrected chi connectivity index (χ2v) is 6.96. The number of benzene rings is 1. The van der Waals surface area contributed by atoms with Gasteiger partial charge in [0.2, 0.25) is 5.91 Å². The molecule has 5 nitrogen and oxygen atoms in total. The summed E-state index contributed by atoms with van der Waals surface area (Å²) in [7, 11) is 0. The lowest BCUT2D eigenvalue weighted by atomic mass is 9.99. The second-order valence-electron chi connectivity index (χ2n) is 6.55. The van der Waals surface area contributed by atoms with E-state index in [4.69, 9.17) is 16.7 Å². The number of carboxylic acid groups (broad SMARTS) is 1.